The number of hydrogen-bond donors (Lipinski definition) is 1. The van der Waals surface area contributed by atoms with Crippen molar-refractivity contribution in [3.8, 4) is 5.75 Å². The maximum Gasteiger partial charge on any atom is 0.304 e. The van der Waals surface area contributed by atoms with Gasteiger partial charge in [0.05, 0.1) is 6.42 Å². The molecule has 1 aliphatic rings. The van der Waals surface area contributed by atoms with Gasteiger partial charge in [-0.05, 0) is 92.9 Å². The molecular weight excluding hydrogens is 519 g/mol. The Morgan fingerprint density at radius 2 is 1.79 bits per heavy atom. The number of carboxylic acids is 1. The molecule has 0 saturated carbocycles. The quantitative estimate of drug-likeness (QED) is 0.397. The van der Waals surface area contributed by atoms with E-state index in [9.17, 15) is 22.7 Å². The highest BCUT2D eigenvalue weighted by Gasteiger charge is 2.38. The van der Waals surface area contributed by atoms with Crippen LogP contribution in [0.4, 0.5) is 4.39 Å². The molecule has 4 rings (SSSR count). The van der Waals surface area contributed by atoms with Crippen LogP contribution in [-0.4, -0.2) is 55.6 Å². The van der Waals surface area contributed by atoms with Gasteiger partial charge in [0.25, 0.3) is 0 Å². The van der Waals surface area contributed by atoms with Gasteiger partial charge in [0.2, 0.25) is 10.0 Å². The van der Waals surface area contributed by atoms with E-state index in [4.69, 9.17) is 4.74 Å². The molecule has 0 aromatic heterocycles. The first-order chi connectivity index (χ1) is 18.4. The Morgan fingerprint density at radius 3 is 2.49 bits per heavy atom. The molecule has 2 atom stereocenters. The molecule has 208 valence electrons. The molecule has 0 spiro atoms. The SMILES string of the molecule is Cc1ccc(C(CC(=O)O)c2cc(CCN(C)C)c(F)cc2C)cc1CN1C(C)Oc2ccccc2S1(=O)=O. The van der Waals surface area contributed by atoms with Gasteiger partial charge in [-0.2, -0.15) is 4.31 Å². The molecule has 2 unspecified atom stereocenters. The van der Waals surface area contributed by atoms with Gasteiger partial charge in [0.15, 0.2) is 6.23 Å². The van der Waals surface area contributed by atoms with Crippen LogP contribution in [0.2, 0.25) is 0 Å². The number of nitrogens with zero attached hydrogens (tertiary/aromatic N) is 2. The Bertz CT molecular complexity index is 1490. The zero-order valence-corrected chi connectivity index (χ0v) is 23.8. The maximum atomic E-state index is 14.8. The van der Waals surface area contributed by atoms with E-state index in [1.807, 2.05) is 44.1 Å². The summed E-state index contributed by atoms with van der Waals surface area (Å²) in [4.78, 5) is 14.1. The van der Waals surface area contributed by atoms with Gasteiger partial charge in [-0.15, -0.1) is 0 Å². The molecule has 1 aliphatic heterocycles. The van der Waals surface area contributed by atoms with Gasteiger partial charge >= 0.3 is 5.97 Å². The van der Waals surface area contributed by atoms with E-state index >= 15 is 0 Å². The van der Waals surface area contributed by atoms with Crippen LogP contribution >= 0.6 is 0 Å². The number of fused-ring (bicyclic) bond motifs is 1. The zero-order chi connectivity index (χ0) is 28.5. The number of likely N-dealkylation sites (N-methyl/N-ethyl adjacent to an activating group) is 1. The minimum atomic E-state index is -3.81. The number of benzene rings is 3. The van der Waals surface area contributed by atoms with E-state index in [2.05, 4.69) is 0 Å². The Balaban J connectivity index is 1.74. The molecule has 1 N–H and O–H groups in total. The molecule has 0 bridgehead atoms. The van der Waals surface area contributed by atoms with Gasteiger partial charge in [-0.25, -0.2) is 12.8 Å². The van der Waals surface area contributed by atoms with Crippen LogP contribution in [0, 0.1) is 19.7 Å². The number of aryl methyl sites for hydroxylation is 2. The molecule has 7 nitrogen and oxygen atoms in total. The summed E-state index contributed by atoms with van der Waals surface area (Å²) >= 11 is 0. The second-order valence-corrected chi connectivity index (χ2v) is 12.3. The van der Waals surface area contributed by atoms with Gasteiger partial charge in [-0.3, -0.25) is 4.79 Å². The van der Waals surface area contributed by atoms with Crippen molar-refractivity contribution in [2.75, 3.05) is 20.6 Å². The molecule has 0 amide bonds. The summed E-state index contributed by atoms with van der Waals surface area (Å²) in [6.45, 7) is 6.09. The number of sulfonamides is 1. The van der Waals surface area contributed by atoms with Crippen LogP contribution in [0.1, 0.15) is 52.6 Å². The van der Waals surface area contributed by atoms with Crippen molar-refractivity contribution in [2.24, 2.45) is 0 Å². The van der Waals surface area contributed by atoms with Crippen molar-refractivity contribution in [3.05, 3.63) is 93.8 Å². The number of rotatable bonds is 9. The Labute approximate surface area is 229 Å². The summed E-state index contributed by atoms with van der Waals surface area (Å²) in [6.07, 6.45) is -0.407. The fourth-order valence-electron chi connectivity index (χ4n) is 5.01. The highest BCUT2D eigenvalue weighted by atomic mass is 32.2. The second-order valence-electron chi connectivity index (χ2n) is 10.4. The van der Waals surface area contributed by atoms with Gasteiger partial charge in [0, 0.05) is 19.0 Å². The number of aliphatic carboxylic acids is 1. The summed E-state index contributed by atoms with van der Waals surface area (Å²) in [7, 11) is 0.0223. The largest absolute Gasteiger partial charge is 0.481 e. The van der Waals surface area contributed by atoms with Gasteiger partial charge in [-0.1, -0.05) is 36.4 Å². The molecule has 0 fully saturated rings. The smallest absolute Gasteiger partial charge is 0.304 e. The number of para-hydroxylation sites is 1. The zero-order valence-electron chi connectivity index (χ0n) is 22.9. The van der Waals surface area contributed by atoms with Crippen LogP contribution < -0.4 is 4.74 Å². The summed E-state index contributed by atoms with van der Waals surface area (Å²) < 4.78 is 48.9. The average molecular weight is 555 g/mol. The third-order valence-electron chi connectivity index (χ3n) is 7.26. The Morgan fingerprint density at radius 1 is 1.08 bits per heavy atom. The topological polar surface area (TPSA) is 87.2 Å². The number of hydrogen-bond acceptors (Lipinski definition) is 5. The van der Waals surface area contributed by atoms with Crippen LogP contribution in [0.5, 0.6) is 5.75 Å². The van der Waals surface area contributed by atoms with Crippen LogP contribution in [-0.2, 0) is 27.8 Å². The number of halogens is 1. The Kier molecular flexibility index (Phi) is 8.44. The lowest BCUT2D eigenvalue weighted by Crippen LogP contribution is -2.44. The third-order valence-corrected chi connectivity index (χ3v) is 9.19. The molecule has 0 saturated heterocycles. The maximum absolute atomic E-state index is 14.8. The summed E-state index contributed by atoms with van der Waals surface area (Å²) in [5, 5.41) is 9.79. The fraction of sp³-hybridized carbons (Fsp3) is 0.367. The first-order valence-corrected chi connectivity index (χ1v) is 14.3. The van der Waals surface area contributed by atoms with Crippen molar-refractivity contribution in [1.29, 1.82) is 0 Å². The predicted molar refractivity (Wildman–Crippen MR) is 148 cm³/mol. The number of ether oxygens (including phenoxy) is 1. The van der Waals surface area contributed by atoms with Crippen molar-refractivity contribution in [1.82, 2.24) is 9.21 Å². The van der Waals surface area contributed by atoms with E-state index in [1.54, 1.807) is 38.1 Å². The lowest BCUT2D eigenvalue weighted by molar-refractivity contribution is -0.137. The second kappa shape index (κ2) is 11.5. The van der Waals surface area contributed by atoms with Crippen molar-refractivity contribution >= 4 is 16.0 Å². The molecule has 39 heavy (non-hydrogen) atoms. The molecule has 9 heteroatoms. The highest BCUT2D eigenvalue weighted by Crippen LogP contribution is 2.37. The van der Waals surface area contributed by atoms with E-state index < -0.39 is 28.1 Å². The minimum Gasteiger partial charge on any atom is -0.481 e. The first-order valence-electron chi connectivity index (χ1n) is 12.9. The lowest BCUT2D eigenvalue weighted by Gasteiger charge is -2.34. The summed E-state index contributed by atoms with van der Waals surface area (Å²) in [5.74, 6) is -1.49. The van der Waals surface area contributed by atoms with Crippen LogP contribution in [0.3, 0.4) is 0 Å². The normalized spacial score (nSPS) is 17.5. The standard InChI is InChI=1S/C30H35FN2O5S/c1-19-10-11-22(15-24(19)18-33-21(3)38-28-8-6-7-9-29(28)39(33,36)37)26(17-30(34)35)25-16-23(12-13-32(4)5)27(31)14-20(25)2/h6-11,14-16,21,26H,12-13,17-18H2,1-5H3,(H,34,35). The molecule has 3 aromatic carbocycles. The van der Waals surface area contributed by atoms with Gasteiger partial charge in [0.1, 0.15) is 16.5 Å². The number of carbonyl (C=O) groups is 1. The van der Waals surface area contributed by atoms with Crippen molar-refractivity contribution in [2.45, 2.75) is 57.2 Å². The molecule has 0 aliphatic carbocycles. The van der Waals surface area contributed by atoms with E-state index in [-0.39, 0.29) is 23.7 Å². The number of carboxylic acid groups (broad SMARTS) is 1. The van der Waals surface area contributed by atoms with Crippen molar-refractivity contribution < 1.29 is 27.4 Å². The molecule has 0 radical (unpaired) electrons. The van der Waals surface area contributed by atoms with Crippen LogP contribution in [0.25, 0.3) is 0 Å². The highest BCUT2D eigenvalue weighted by molar-refractivity contribution is 7.89. The van der Waals surface area contributed by atoms with Crippen LogP contribution in [0.15, 0.2) is 59.5 Å². The predicted octanol–water partition coefficient (Wildman–Crippen LogP) is 5.08. The molecule has 3 aromatic rings. The Hall–Kier alpha value is -3.27. The molecule has 1 heterocycles. The molecular formula is C30H35FN2O5S. The third kappa shape index (κ3) is 6.16. The lowest BCUT2D eigenvalue weighted by atomic mass is 9.83. The van der Waals surface area contributed by atoms with E-state index in [0.29, 0.717) is 29.8 Å². The fourth-order valence-corrected chi connectivity index (χ4v) is 6.63. The first kappa shape index (κ1) is 28.7. The minimum absolute atomic E-state index is 0.0633. The van der Waals surface area contributed by atoms with Crippen molar-refractivity contribution in [3.63, 3.8) is 0 Å². The summed E-state index contributed by atoms with van der Waals surface area (Å²) in [5.41, 5.74) is 4.31. The monoisotopic (exact) mass is 554 g/mol. The average Bonchev–Trinajstić information content (AvgIpc) is 2.86. The van der Waals surface area contributed by atoms with E-state index in [1.165, 1.54) is 16.4 Å². The van der Waals surface area contributed by atoms with E-state index in [0.717, 1.165) is 22.3 Å². The summed E-state index contributed by atoms with van der Waals surface area (Å²) in [6, 6.07) is 15.4. The van der Waals surface area contributed by atoms with Gasteiger partial charge < -0.3 is 14.7 Å².